The molecule has 1 N–H and O–H groups in total. The van der Waals surface area contributed by atoms with Gasteiger partial charge in [-0.05, 0) is 26.7 Å². The third kappa shape index (κ3) is 3.18. The summed E-state index contributed by atoms with van der Waals surface area (Å²) in [6.07, 6.45) is 5.19. The van der Waals surface area contributed by atoms with E-state index < -0.39 is 0 Å². The highest BCUT2D eigenvalue weighted by Crippen LogP contribution is 2.42. The van der Waals surface area contributed by atoms with Gasteiger partial charge in [-0.2, -0.15) is 5.10 Å². The van der Waals surface area contributed by atoms with E-state index in [2.05, 4.69) is 22.3 Å². The molecule has 1 saturated heterocycles. The van der Waals surface area contributed by atoms with E-state index in [0.717, 1.165) is 30.4 Å². The van der Waals surface area contributed by atoms with Gasteiger partial charge >= 0.3 is 0 Å². The van der Waals surface area contributed by atoms with Crippen LogP contribution in [0, 0.1) is 19.8 Å². The first-order chi connectivity index (χ1) is 12.5. The number of likely N-dealkylation sites (tertiary alicyclic amines) is 1. The molecule has 4 rings (SSSR count). The van der Waals surface area contributed by atoms with Crippen LogP contribution in [0.2, 0.25) is 0 Å². The van der Waals surface area contributed by atoms with E-state index in [0.29, 0.717) is 6.42 Å². The first kappa shape index (κ1) is 17.7. The second kappa shape index (κ2) is 6.78. The number of nitrogens with one attached hydrogen (secondary N) is 1. The molecule has 0 bridgehead atoms. The molecule has 0 unspecified atom stereocenters. The van der Waals surface area contributed by atoms with Gasteiger partial charge in [0.1, 0.15) is 0 Å². The summed E-state index contributed by atoms with van der Waals surface area (Å²) in [4.78, 5) is 20.1. The number of hydrogen-bond donors (Lipinski definition) is 1. The van der Waals surface area contributed by atoms with Gasteiger partial charge in [0.2, 0.25) is 5.91 Å². The van der Waals surface area contributed by atoms with Crippen LogP contribution in [0.4, 0.5) is 0 Å². The Balaban J connectivity index is 1.44. The number of hydrogen-bond acceptors (Lipinski definition) is 5. The number of aryl methyl sites for hydroxylation is 2. The fraction of sp³-hybridized carbons (Fsp3) is 0.632. The van der Waals surface area contributed by atoms with E-state index >= 15 is 0 Å². The van der Waals surface area contributed by atoms with Crippen molar-refractivity contribution in [2.24, 2.45) is 13.0 Å². The predicted molar refractivity (Wildman–Crippen MR) is 102 cm³/mol. The molecule has 7 heteroatoms. The van der Waals surface area contributed by atoms with Gasteiger partial charge in [-0.3, -0.25) is 9.48 Å². The first-order valence-corrected chi connectivity index (χ1v) is 10.2. The predicted octanol–water partition coefficient (Wildman–Crippen LogP) is 2.68. The van der Waals surface area contributed by atoms with Crippen molar-refractivity contribution in [1.82, 2.24) is 25.0 Å². The van der Waals surface area contributed by atoms with Crippen molar-refractivity contribution in [3.8, 4) is 0 Å². The van der Waals surface area contributed by atoms with Crippen molar-refractivity contribution in [2.45, 2.75) is 51.6 Å². The minimum Gasteiger partial charge on any atom is -0.338 e. The Hall–Kier alpha value is -1.73. The van der Waals surface area contributed by atoms with Crippen molar-refractivity contribution >= 4 is 17.2 Å². The quantitative estimate of drug-likeness (QED) is 0.846. The second-order valence-electron chi connectivity index (χ2n) is 7.69. The van der Waals surface area contributed by atoms with E-state index in [4.69, 9.17) is 0 Å². The van der Waals surface area contributed by atoms with Crippen molar-refractivity contribution < 1.29 is 4.79 Å². The molecule has 0 spiro atoms. The molecule has 0 aromatic carbocycles. The molecule has 2 aromatic rings. The summed E-state index contributed by atoms with van der Waals surface area (Å²) in [5.41, 5.74) is 3.38. The van der Waals surface area contributed by atoms with Gasteiger partial charge in [0.15, 0.2) is 0 Å². The zero-order valence-corrected chi connectivity index (χ0v) is 16.8. The van der Waals surface area contributed by atoms with Crippen molar-refractivity contribution in [1.29, 1.82) is 0 Å². The van der Waals surface area contributed by atoms with Crippen LogP contribution >= 0.6 is 11.3 Å². The fourth-order valence-corrected chi connectivity index (χ4v) is 5.14. The maximum Gasteiger partial charge on any atom is 0.223 e. The monoisotopic (exact) mass is 373 g/mol. The normalized spacial score (nSPS) is 23.2. The number of rotatable bonds is 6. The molecule has 2 atom stereocenters. The number of carbonyl (C=O) groups is 1. The third-order valence-corrected chi connectivity index (χ3v) is 6.92. The van der Waals surface area contributed by atoms with Crippen LogP contribution in [0.15, 0.2) is 6.20 Å². The van der Waals surface area contributed by atoms with Crippen LogP contribution < -0.4 is 5.32 Å². The van der Waals surface area contributed by atoms with E-state index in [1.807, 2.05) is 48.1 Å². The average Bonchev–Trinajstić information content (AvgIpc) is 3.22. The highest BCUT2D eigenvalue weighted by Gasteiger charge is 2.40. The Morgan fingerprint density at radius 2 is 2.08 bits per heavy atom. The molecule has 140 valence electrons. The molecule has 0 radical (unpaired) electrons. The maximum atomic E-state index is 12.4. The van der Waals surface area contributed by atoms with Gasteiger partial charge in [-0.1, -0.05) is 0 Å². The van der Waals surface area contributed by atoms with Gasteiger partial charge < -0.3 is 10.2 Å². The Morgan fingerprint density at radius 3 is 2.73 bits per heavy atom. The molecular weight excluding hydrogens is 346 g/mol. The van der Waals surface area contributed by atoms with Gasteiger partial charge in [0.05, 0.1) is 16.7 Å². The summed E-state index contributed by atoms with van der Waals surface area (Å²) in [5.74, 6) is 1.21. The number of aromatic nitrogens is 3. The highest BCUT2D eigenvalue weighted by atomic mass is 32.1. The summed E-state index contributed by atoms with van der Waals surface area (Å²) < 4.78 is 1.92. The largest absolute Gasteiger partial charge is 0.338 e. The van der Waals surface area contributed by atoms with Crippen molar-refractivity contribution in [3.05, 3.63) is 33.0 Å². The van der Waals surface area contributed by atoms with E-state index in [-0.39, 0.29) is 17.9 Å². The van der Waals surface area contributed by atoms with Gasteiger partial charge in [0.25, 0.3) is 0 Å². The molecule has 2 aliphatic rings. The van der Waals surface area contributed by atoms with Crippen LogP contribution in [-0.2, 0) is 18.4 Å². The molecular formula is C19H27N5OS. The van der Waals surface area contributed by atoms with Crippen LogP contribution in [0.5, 0.6) is 0 Å². The lowest BCUT2D eigenvalue weighted by atomic mass is 9.92. The standard InChI is InChI=1S/C19H27N5OS/c1-11-17(12(2)24(4)22-11)18-14(7-16(25)23(18)3)8-20-9-15-10-21-19(26-15)13-5-6-13/h10,13-14,18,20H,5-9H2,1-4H3/t14-,18+/m0/s1. The lowest BCUT2D eigenvalue weighted by Crippen LogP contribution is -2.29. The summed E-state index contributed by atoms with van der Waals surface area (Å²) in [5, 5.41) is 9.41. The van der Waals surface area contributed by atoms with Gasteiger partial charge in [-0.25, -0.2) is 4.98 Å². The molecule has 1 amide bonds. The Bertz CT molecular complexity index is 822. The molecule has 3 heterocycles. The molecule has 26 heavy (non-hydrogen) atoms. The number of thiazole rings is 1. The number of carbonyl (C=O) groups excluding carboxylic acids is 1. The molecule has 2 aromatic heterocycles. The topological polar surface area (TPSA) is 63.1 Å². The van der Waals surface area contributed by atoms with Crippen LogP contribution in [-0.4, -0.2) is 39.2 Å². The van der Waals surface area contributed by atoms with Gasteiger partial charge in [0, 0.05) is 67.8 Å². The number of nitrogens with zero attached hydrogens (tertiary/aromatic N) is 4. The zero-order chi connectivity index (χ0) is 18.4. The van der Waals surface area contributed by atoms with Gasteiger partial charge in [-0.15, -0.1) is 11.3 Å². The highest BCUT2D eigenvalue weighted by molar-refractivity contribution is 7.11. The molecule has 1 aliphatic heterocycles. The van der Waals surface area contributed by atoms with E-state index in [1.54, 1.807) is 0 Å². The Morgan fingerprint density at radius 1 is 1.31 bits per heavy atom. The molecule has 6 nitrogen and oxygen atoms in total. The minimum atomic E-state index is 0.104. The summed E-state index contributed by atoms with van der Waals surface area (Å²) >= 11 is 1.83. The summed E-state index contributed by atoms with van der Waals surface area (Å²) in [7, 11) is 3.89. The molecule has 1 saturated carbocycles. The zero-order valence-electron chi connectivity index (χ0n) is 16.0. The van der Waals surface area contributed by atoms with Crippen LogP contribution in [0.1, 0.15) is 58.1 Å². The Labute approximate surface area is 158 Å². The smallest absolute Gasteiger partial charge is 0.223 e. The van der Waals surface area contributed by atoms with Crippen molar-refractivity contribution in [3.63, 3.8) is 0 Å². The summed E-state index contributed by atoms with van der Waals surface area (Å²) in [6.45, 7) is 5.79. The van der Waals surface area contributed by atoms with Crippen LogP contribution in [0.25, 0.3) is 0 Å². The first-order valence-electron chi connectivity index (χ1n) is 9.36. The average molecular weight is 374 g/mol. The SMILES string of the molecule is Cc1nn(C)c(C)c1[C@H]1[C@H](CNCc2cnc(C3CC3)s2)CC(=O)N1C. The molecule has 1 aliphatic carbocycles. The van der Waals surface area contributed by atoms with E-state index in [9.17, 15) is 4.79 Å². The minimum absolute atomic E-state index is 0.104. The number of amides is 1. The third-order valence-electron chi connectivity index (χ3n) is 5.76. The maximum absolute atomic E-state index is 12.4. The molecule has 2 fully saturated rings. The van der Waals surface area contributed by atoms with Crippen LogP contribution in [0.3, 0.4) is 0 Å². The van der Waals surface area contributed by atoms with E-state index in [1.165, 1.54) is 28.3 Å². The summed E-state index contributed by atoms with van der Waals surface area (Å²) in [6, 6.07) is 0.104. The lowest BCUT2D eigenvalue weighted by Gasteiger charge is -2.26. The fourth-order valence-electron chi connectivity index (χ4n) is 4.09. The lowest BCUT2D eigenvalue weighted by molar-refractivity contribution is -0.127. The Kier molecular flexibility index (Phi) is 4.61. The second-order valence-corrected chi connectivity index (χ2v) is 8.84. The van der Waals surface area contributed by atoms with Crippen molar-refractivity contribution in [2.75, 3.05) is 13.6 Å².